The van der Waals surface area contributed by atoms with Gasteiger partial charge in [-0.05, 0) is 38.8 Å². The van der Waals surface area contributed by atoms with Gasteiger partial charge in [-0.15, -0.1) is 0 Å². The molecule has 0 saturated carbocycles. The summed E-state index contributed by atoms with van der Waals surface area (Å²) in [6, 6.07) is 17.5. The minimum Gasteiger partial charge on any atom is -0.348 e. The van der Waals surface area contributed by atoms with Gasteiger partial charge in [-0.3, -0.25) is 15.0 Å². The molecule has 0 unspecified atom stereocenters. The lowest BCUT2D eigenvalue weighted by molar-refractivity contribution is -0.246. The van der Waals surface area contributed by atoms with Crippen molar-refractivity contribution in [3.63, 3.8) is 0 Å². The third-order valence-corrected chi connectivity index (χ3v) is 5.83. The van der Waals surface area contributed by atoms with Crippen LogP contribution < -0.4 is 21.4 Å². The molecule has 4 N–H and O–H groups in total. The fraction of sp³-hybridized carbons (Fsp3) is 0.464. The largest absolute Gasteiger partial charge is 0.348 e. The fourth-order valence-corrected chi connectivity index (χ4v) is 3.96. The number of rotatable bonds is 15. The first-order chi connectivity index (χ1) is 18.2. The van der Waals surface area contributed by atoms with Crippen LogP contribution in [0, 0.1) is 0 Å². The lowest BCUT2D eigenvalue weighted by atomic mass is 9.98. The average Bonchev–Trinajstić information content (AvgIpc) is 2.88. The van der Waals surface area contributed by atoms with Crippen LogP contribution in [-0.2, 0) is 32.0 Å². The van der Waals surface area contributed by atoms with Crippen molar-refractivity contribution in [3.8, 4) is 0 Å². The maximum absolute atomic E-state index is 12.9. The van der Waals surface area contributed by atoms with E-state index in [0.29, 0.717) is 26.2 Å². The summed E-state index contributed by atoms with van der Waals surface area (Å²) in [6.07, 6.45) is 0.445. The van der Waals surface area contributed by atoms with Gasteiger partial charge in [0.2, 0.25) is 11.8 Å². The average molecular weight is 528 g/mol. The quantitative estimate of drug-likeness (QED) is 0.208. The number of likely N-dealkylation sites (N-methyl/N-ethyl adjacent to an activating group) is 1. The van der Waals surface area contributed by atoms with Crippen LogP contribution in [0.1, 0.15) is 38.8 Å². The summed E-state index contributed by atoms with van der Waals surface area (Å²) in [5, 5.41) is 9.67. The molecule has 0 aliphatic carbocycles. The van der Waals surface area contributed by atoms with E-state index in [9.17, 15) is 14.4 Å². The molecule has 38 heavy (non-hydrogen) atoms. The Morgan fingerprint density at radius 1 is 0.868 bits per heavy atom. The second-order valence-electron chi connectivity index (χ2n) is 9.00. The van der Waals surface area contributed by atoms with E-state index in [4.69, 9.17) is 9.47 Å². The molecule has 2 aromatic rings. The number of ether oxygens (including phenoxy) is 2. The fourth-order valence-electron chi connectivity index (χ4n) is 3.96. The van der Waals surface area contributed by atoms with Gasteiger partial charge in [0.25, 0.3) is 0 Å². The number of nitrogens with zero attached hydrogens (tertiary/aromatic N) is 1. The molecule has 10 nitrogen and oxygen atoms in total. The Kier molecular flexibility index (Phi) is 12.7. The summed E-state index contributed by atoms with van der Waals surface area (Å²) in [5.74, 6) is -1.86. The van der Waals surface area contributed by atoms with Crippen molar-refractivity contribution in [1.82, 2.24) is 26.4 Å². The number of urea groups is 1. The number of hydrogen-bond acceptors (Lipinski definition) is 6. The smallest absolute Gasteiger partial charge is 0.329 e. The van der Waals surface area contributed by atoms with Crippen molar-refractivity contribution in [2.24, 2.45) is 0 Å². The van der Waals surface area contributed by atoms with E-state index >= 15 is 0 Å². The second kappa shape index (κ2) is 15.7. The van der Waals surface area contributed by atoms with Gasteiger partial charge < -0.3 is 25.4 Å². The number of benzene rings is 2. The van der Waals surface area contributed by atoms with E-state index in [1.807, 2.05) is 81.4 Å². The number of hydrazine groups is 1. The number of carbonyl (C=O) groups is 3. The third-order valence-electron chi connectivity index (χ3n) is 5.83. The number of amides is 4. The highest BCUT2D eigenvalue weighted by Crippen LogP contribution is 2.24. The van der Waals surface area contributed by atoms with Gasteiger partial charge in [-0.25, -0.2) is 9.80 Å². The Morgan fingerprint density at radius 2 is 1.42 bits per heavy atom. The van der Waals surface area contributed by atoms with Gasteiger partial charge in [0.15, 0.2) is 5.79 Å². The molecule has 10 heteroatoms. The minimum absolute atomic E-state index is 0.137. The number of nitrogens with one attached hydrogen (secondary N) is 4. The second-order valence-corrected chi connectivity index (χ2v) is 9.00. The van der Waals surface area contributed by atoms with Crippen LogP contribution in [0.25, 0.3) is 0 Å². The first-order valence-corrected chi connectivity index (χ1v) is 12.9. The molecule has 2 atom stereocenters. The standard InChI is InChI=1S/C28H41N5O5/c1-6-37-28(38-7-2,18-23-14-10-8-11-15-23)22(4)31-26(35)21(3)30-25(34)20-33(5)32-27(36)29-19-24-16-12-9-13-17-24/h8-17,21-22H,6-7,18-20H2,1-5H3,(H,30,34)(H,31,35)(H2,29,32,36)/t21-,22-/m0/s1. The van der Waals surface area contributed by atoms with Crippen LogP contribution in [0.15, 0.2) is 60.7 Å². The zero-order valence-corrected chi connectivity index (χ0v) is 23.0. The zero-order valence-electron chi connectivity index (χ0n) is 23.0. The molecule has 2 rings (SSSR count). The van der Waals surface area contributed by atoms with Crippen LogP contribution in [0.5, 0.6) is 0 Å². The summed E-state index contributed by atoms with van der Waals surface area (Å²) in [5.41, 5.74) is 4.55. The Labute approximate surface area is 225 Å². The van der Waals surface area contributed by atoms with Crippen molar-refractivity contribution in [3.05, 3.63) is 71.8 Å². The molecule has 0 aliphatic rings. The maximum atomic E-state index is 12.9. The van der Waals surface area contributed by atoms with Gasteiger partial charge in [-0.1, -0.05) is 60.7 Å². The lowest BCUT2D eigenvalue weighted by Crippen LogP contribution is -2.59. The van der Waals surface area contributed by atoms with Crippen LogP contribution in [-0.4, -0.2) is 67.5 Å². The monoisotopic (exact) mass is 527 g/mol. The van der Waals surface area contributed by atoms with Crippen molar-refractivity contribution >= 4 is 17.8 Å². The van der Waals surface area contributed by atoms with Gasteiger partial charge in [0.05, 0.1) is 12.6 Å². The molecule has 0 saturated heterocycles. The molecule has 0 aromatic heterocycles. The number of hydrogen-bond donors (Lipinski definition) is 4. The molecule has 0 radical (unpaired) electrons. The Balaban J connectivity index is 1.87. The van der Waals surface area contributed by atoms with E-state index in [0.717, 1.165) is 11.1 Å². The first kappa shape index (κ1) is 30.8. The zero-order chi connectivity index (χ0) is 28.0. The lowest BCUT2D eigenvalue weighted by Gasteiger charge is -2.39. The van der Waals surface area contributed by atoms with Gasteiger partial charge in [0.1, 0.15) is 6.04 Å². The third kappa shape index (κ3) is 10.1. The van der Waals surface area contributed by atoms with Crippen LogP contribution in [0.2, 0.25) is 0 Å². The summed E-state index contributed by atoms with van der Waals surface area (Å²) < 4.78 is 12.1. The molecular formula is C28H41N5O5. The Bertz CT molecular complexity index is 999. The minimum atomic E-state index is -1.07. The van der Waals surface area contributed by atoms with E-state index in [1.165, 1.54) is 5.01 Å². The highest BCUT2D eigenvalue weighted by molar-refractivity contribution is 5.88. The van der Waals surface area contributed by atoms with E-state index in [1.54, 1.807) is 14.0 Å². The summed E-state index contributed by atoms with van der Waals surface area (Å²) in [6.45, 7) is 8.20. The molecule has 208 valence electrons. The maximum Gasteiger partial charge on any atom is 0.329 e. The molecule has 0 spiro atoms. The normalized spacial score (nSPS) is 12.9. The highest BCUT2D eigenvalue weighted by atomic mass is 16.7. The highest BCUT2D eigenvalue weighted by Gasteiger charge is 2.39. The summed E-state index contributed by atoms with van der Waals surface area (Å²) in [4.78, 5) is 37.6. The van der Waals surface area contributed by atoms with Crippen molar-refractivity contribution in [1.29, 1.82) is 0 Å². The predicted molar refractivity (Wildman–Crippen MR) is 146 cm³/mol. The van der Waals surface area contributed by atoms with Gasteiger partial charge in [-0.2, -0.15) is 0 Å². The van der Waals surface area contributed by atoms with E-state index < -0.39 is 29.8 Å². The topological polar surface area (TPSA) is 121 Å². The molecule has 0 bridgehead atoms. The number of carbonyl (C=O) groups excluding carboxylic acids is 3. The predicted octanol–water partition coefficient (Wildman–Crippen LogP) is 2.35. The van der Waals surface area contributed by atoms with Crippen LogP contribution in [0.3, 0.4) is 0 Å². The van der Waals surface area contributed by atoms with Crippen molar-refractivity contribution in [2.75, 3.05) is 26.8 Å². The Hall–Kier alpha value is -3.47. The van der Waals surface area contributed by atoms with E-state index in [2.05, 4.69) is 21.4 Å². The SMILES string of the molecule is CCOC(Cc1ccccc1)(OCC)[C@H](C)NC(=O)[C@H](C)NC(=O)CN(C)NC(=O)NCc1ccccc1. The summed E-state index contributed by atoms with van der Waals surface area (Å²) in [7, 11) is 1.57. The molecular weight excluding hydrogens is 486 g/mol. The van der Waals surface area contributed by atoms with Crippen molar-refractivity contribution in [2.45, 2.75) is 58.5 Å². The van der Waals surface area contributed by atoms with Crippen LogP contribution in [0.4, 0.5) is 4.79 Å². The molecule has 0 fully saturated rings. The van der Waals surface area contributed by atoms with Crippen LogP contribution >= 0.6 is 0 Å². The van der Waals surface area contributed by atoms with E-state index in [-0.39, 0.29) is 12.5 Å². The van der Waals surface area contributed by atoms with Crippen molar-refractivity contribution < 1.29 is 23.9 Å². The first-order valence-electron chi connectivity index (χ1n) is 12.9. The molecule has 0 aliphatic heterocycles. The summed E-state index contributed by atoms with van der Waals surface area (Å²) >= 11 is 0. The Morgan fingerprint density at radius 3 is 1.97 bits per heavy atom. The molecule has 4 amide bonds. The van der Waals surface area contributed by atoms with Gasteiger partial charge in [0, 0.05) is 33.2 Å². The van der Waals surface area contributed by atoms with Gasteiger partial charge >= 0.3 is 6.03 Å². The molecule has 2 aromatic carbocycles. The molecule has 0 heterocycles.